The van der Waals surface area contributed by atoms with E-state index in [2.05, 4.69) is 4.98 Å². The average Bonchev–Trinajstić information content (AvgIpc) is 2.74. The summed E-state index contributed by atoms with van der Waals surface area (Å²) in [6, 6.07) is 6.12. The molecule has 1 aromatic heterocycles. The number of carbonyl (C=O) groups is 1. The molecule has 2 N–H and O–H groups in total. The molecular weight excluding hydrogens is 388 g/mol. The van der Waals surface area contributed by atoms with E-state index in [1.165, 1.54) is 0 Å². The molecule has 0 unspecified atom stereocenters. The lowest BCUT2D eigenvalue weighted by atomic mass is 9.94. The third-order valence-corrected chi connectivity index (χ3v) is 5.96. The first-order chi connectivity index (χ1) is 14.0. The second kappa shape index (κ2) is 8.51. The second-order valence-electron chi connectivity index (χ2n) is 7.52. The van der Waals surface area contributed by atoms with Gasteiger partial charge in [0.2, 0.25) is 5.91 Å². The normalized spacial score (nSPS) is 21.6. The Hall–Kier alpha value is -2.44. The van der Waals surface area contributed by atoms with E-state index in [1.807, 2.05) is 23.1 Å². The molecule has 2 aliphatic heterocycles. The third-order valence-electron chi connectivity index (χ3n) is 5.66. The van der Waals surface area contributed by atoms with E-state index in [-0.39, 0.29) is 11.9 Å². The number of benzene rings is 1. The van der Waals surface area contributed by atoms with Crippen LogP contribution in [0.4, 0.5) is 0 Å². The van der Waals surface area contributed by atoms with Crippen LogP contribution >= 0.6 is 11.6 Å². The standard InChI is InChI=1S/C22H25ClN4O2/c1-14(28)27-8-5-21(26-15-6-9-29-10-7-15)19(13-27)22(24)17-4-2-3-16-18(17)11-25-12-20(16)23/h2-4,11-12,15H,5-10,13,24H2,1H3. The van der Waals surface area contributed by atoms with Gasteiger partial charge in [0.05, 0.1) is 11.1 Å². The van der Waals surface area contributed by atoms with Crippen LogP contribution in [0, 0.1) is 0 Å². The topological polar surface area (TPSA) is 80.8 Å². The van der Waals surface area contributed by atoms with Gasteiger partial charge in [-0.05, 0) is 12.8 Å². The molecule has 152 valence electrons. The maximum absolute atomic E-state index is 12.0. The van der Waals surface area contributed by atoms with Crippen molar-refractivity contribution in [3.8, 4) is 0 Å². The number of likely N-dealkylation sites (tertiary alicyclic amines) is 1. The zero-order chi connectivity index (χ0) is 20.4. The molecule has 1 amide bonds. The lowest BCUT2D eigenvalue weighted by molar-refractivity contribution is -0.128. The Bertz CT molecular complexity index is 995. The SMILES string of the molecule is CC(=O)N1CCC(=NC2CCOCC2)C(=C(N)c2cccc3c(Cl)cncc23)C1. The highest BCUT2D eigenvalue weighted by molar-refractivity contribution is 6.35. The maximum atomic E-state index is 12.0. The fraction of sp³-hybridized carbons (Fsp3) is 0.409. The molecule has 0 bridgehead atoms. The number of aliphatic imine (C=N–C) groups is 1. The smallest absolute Gasteiger partial charge is 0.219 e. The Morgan fingerprint density at radius 2 is 2.07 bits per heavy atom. The number of ether oxygens (including phenoxy) is 1. The molecule has 4 rings (SSSR count). The zero-order valence-electron chi connectivity index (χ0n) is 16.5. The van der Waals surface area contributed by atoms with Crippen LogP contribution < -0.4 is 5.73 Å². The fourth-order valence-electron chi connectivity index (χ4n) is 4.00. The van der Waals surface area contributed by atoms with Crippen molar-refractivity contribution in [2.75, 3.05) is 26.3 Å². The van der Waals surface area contributed by atoms with Crippen LogP contribution in [-0.2, 0) is 9.53 Å². The van der Waals surface area contributed by atoms with Crippen LogP contribution in [0.5, 0.6) is 0 Å². The minimum Gasteiger partial charge on any atom is -0.398 e. The van der Waals surface area contributed by atoms with Crippen molar-refractivity contribution in [3.05, 3.63) is 46.8 Å². The van der Waals surface area contributed by atoms with E-state index in [1.54, 1.807) is 19.3 Å². The summed E-state index contributed by atoms with van der Waals surface area (Å²) in [6.07, 6.45) is 5.95. The summed E-state index contributed by atoms with van der Waals surface area (Å²) < 4.78 is 5.46. The summed E-state index contributed by atoms with van der Waals surface area (Å²) in [6.45, 7) is 4.20. The van der Waals surface area contributed by atoms with Crippen molar-refractivity contribution in [3.63, 3.8) is 0 Å². The van der Waals surface area contributed by atoms with Crippen molar-refractivity contribution in [1.82, 2.24) is 9.88 Å². The molecule has 0 spiro atoms. The molecule has 0 saturated carbocycles. The van der Waals surface area contributed by atoms with Gasteiger partial charge in [0.25, 0.3) is 0 Å². The van der Waals surface area contributed by atoms with Gasteiger partial charge in [-0.15, -0.1) is 0 Å². The molecule has 0 atom stereocenters. The van der Waals surface area contributed by atoms with Gasteiger partial charge in [0.1, 0.15) is 0 Å². The van der Waals surface area contributed by atoms with Crippen LogP contribution in [0.3, 0.4) is 0 Å². The number of hydrogen-bond donors (Lipinski definition) is 1. The van der Waals surface area contributed by atoms with Crippen molar-refractivity contribution in [1.29, 1.82) is 0 Å². The van der Waals surface area contributed by atoms with Gasteiger partial charge in [-0.25, -0.2) is 0 Å². The molecule has 1 aromatic carbocycles. The van der Waals surface area contributed by atoms with Gasteiger partial charge in [-0.3, -0.25) is 14.8 Å². The molecule has 0 radical (unpaired) electrons. The Kier molecular flexibility index (Phi) is 5.83. The number of pyridine rings is 1. The number of nitrogens with zero attached hydrogens (tertiary/aromatic N) is 3. The summed E-state index contributed by atoms with van der Waals surface area (Å²) in [5.41, 5.74) is 10.1. The highest BCUT2D eigenvalue weighted by Gasteiger charge is 2.26. The molecule has 2 saturated heterocycles. The van der Waals surface area contributed by atoms with Crippen LogP contribution in [0.1, 0.15) is 31.7 Å². The highest BCUT2D eigenvalue weighted by Crippen LogP contribution is 2.30. The van der Waals surface area contributed by atoms with Gasteiger partial charge >= 0.3 is 0 Å². The van der Waals surface area contributed by atoms with E-state index in [4.69, 9.17) is 27.1 Å². The quantitative estimate of drug-likeness (QED) is 0.819. The zero-order valence-corrected chi connectivity index (χ0v) is 17.3. The first-order valence-corrected chi connectivity index (χ1v) is 10.3. The summed E-state index contributed by atoms with van der Waals surface area (Å²) in [5.74, 6) is 0.0445. The van der Waals surface area contributed by atoms with E-state index in [9.17, 15) is 4.79 Å². The Balaban J connectivity index is 1.81. The molecule has 29 heavy (non-hydrogen) atoms. The minimum absolute atomic E-state index is 0.0445. The van der Waals surface area contributed by atoms with Gasteiger partial charge in [0.15, 0.2) is 0 Å². The van der Waals surface area contributed by atoms with E-state index < -0.39 is 0 Å². The lowest BCUT2D eigenvalue weighted by Crippen LogP contribution is -2.40. The molecule has 3 heterocycles. The van der Waals surface area contributed by atoms with Crippen LogP contribution in [-0.4, -0.2) is 53.8 Å². The van der Waals surface area contributed by atoms with E-state index in [0.717, 1.165) is 53.7 Å². The van der Waals surface area contributed by atoms with Crippen molar-refractivity contribution < 1.29 is 9.53 Å². The highest BCUT2D eigenvalue weighted by atomic mass is 35.5. The second-order valence-corrected chi connectivity index (χ2v) is 7.93. The van der Waals surface area contributed by atoms with E-state index in [0.29, 0.717) is 30.2 Å². The summed E-state index contributed by atoms with van der Waals surface area (Å²) in [4.78, 5) is 23.1. The number of nitrogens with two attached hydrogens (primary N) is 1. The first kappa shape index (κ1) is 19.9. The lowest BCUT2D eigenvalue weighted by Gasteiger charge is -2.31. The average molecular weight is 413 g/mol. The van der Waals surface area contributed by atoms with Crippen LogP contribution in [0.25, 0.3) is 16.5 Å². The summed E-state index contributed by atoms with van der Waals surface area (Å²) >= 11 is 6.33. The van der Waals surface area contributed by atoms with Gasteiger partial charge in [-0.2, -0.15) is 0 Å². The monoisotopic (exact) mass is 412 g/mol. The number of rotatable bonds is 2. The van der Waals surface area contributed by atoms with Gasteiger partial charge in [-0.1, -0.05) is 29.8 Å². The predicted octanol–water partition coefficient (Wildman–Crippen LogP) is 3.43. The maximum Gasteiger partial charge on any atom is 0.219 e. The number of piperidine rings is 1. The summed E-state index contributed by atoms with van der Waals surface area (Å²) in [7, 11) is 0. The molecular formula is C22H25ClN4O2. The third kappa shape index (κ3) is 4.14. The molecule has 6 nitrogen and oxygen atoms in total. The fourth-order valence-corrected chi connectivity index (χ4v) is 4.22. The van der Waals surface area contributed by atoms with Crippen molar-refractivity contribution in [2.45, 2.75) is 32.2 Å². The number of carbonyl (C=O) groups excluding carboxylic acids is 1. The van der Waals surface area contributed by atoms with Crippen molar-refractivity contribution >= 4 is 39.7 Å². The number of hydrogen-bond acceptors (Lipinski definition) is 5. The number of aromatic nitrogens is 1. The summed E-state index contributed by atoms with van der Waals surface area (Å²) in [5, 5.41) is 2.40. The molecule has 2 aromatic rings. The number of halogens is 1. The van der Waals surface area contributed by atoms with E-state index >= 15 is 0 Å². The predicted molar refractivity (Wildman–Crippen MR) is 116 cm³/mol. The number of fused-ring (bicyclic) bond motifs is 1. The van der Waals surface area contributed by atoms with Gasteiger partial charge in [0, 0.05) is 85.4 Å². The van der Waals surface area contributed by atoms with Gasteiger partial charge < -0.3 is 15.4 Å². The van der Waals surface area contributed by atoms with Crippen LogP contribution in [0.2, 0.25) is 5.02 Å². The van der Waals surface area contributed by atoms with Crippen LogP contribution in [0.15, 0.2) is 41.2 Å². The molecule has 0 aliphatic carbocycles. The molecule has 2 fully saturated rings. The molecule has 2 aliphatic rings. The number of amides is 1. The Labute approximate surface area is 175 Å². The Morgan fingerprint density at radius 3 is 2.83 bits per heavy atom. The Morgan fingerprint density at radius 1 is 1.28 bits per heavy atom. The largest absolute Gasteiger partial charge is 0.398 e. The first-order valence-electron chi connectivity index (χ1n) is 9.96. The minimum atomic E-state index is 0.0445. The molecule has 7 heteroatoms. The van der Waals surface area contributed by atoms with Crippen molar-refractivity contribution in [2.24, 2.45) is 10.7 Å².